The van der Waals surface area contributed by atoms with Crippen LogP contribution in [0, 0.1) is 0 Å². The van der Waals surface area contributed by atoms with E-state index in [1.165, 1.54) is 22.3 Å². The topological polar surface area (TPSA) is 79.7 Å². The van der Waals surface area contributed by atoms with E-state index in [0.717, 1.165) is 9.88 Å². The number of aromatic nitrogens is 1. The van der Waals surface area contributed by atoms with Crippen molar-refractivity contribution < 1.29 is 19.4 Å². The molecule has 1 atom stereocenters. The van der Waals surface area contributed by atoms with Gasteiger partial charge in [-0.25, -0.2) is 9.78 Å². The number of hydrogen-bond acceptors (Lipinski definition) is 5. The number of nitrogens with zero attached hydrogens (tertiary/aromatic N) is 2. The number of aliphatic carboxylic acids is 1. The Morgan fingerprint density at radius 1 is 1.50 bits per heavy atom. The lowest BCUT2D eigenvalue weighted by molar-refractivity contribution is -0.156. The summed E-state index contributed by atoms with van der Waals surface area (Å²) in [5.74, 6) is -1.37. The number of carboxylic acid groups (broad SMARTS) is 1. The second kappa shape index (κ2) is 6.58. The maximum Gasteiger partial charge on any atom is 0.328 e. The van der Waals surface area contributed by atoms with Crippen LogP contribution in [0.1, 0.15) is 30.7 Å². The van der Waals surface area contributed by atoms with Crippen LogP contribution in [0.2, 0.25) is 0 Å². The quantitative estimate of drug-likeness (QED) is 0.857. The van der Waals surface area contributed by atoms with Crippen LogP contribution in [0.3, 0.4) is 0 Å². The lowest BCUT2D eigenvalue weighted by atomic mass is 9.98. The number of carbonyl (C=O) groups excluding carboxylic acids is 1. The molecule has 0 radical (unpaired) electrons. The molecule has 2 rings (SSSR count). The molecule has 0 bridgehead atoms. The van der Waals surface area contributed by atoms with Crippen molar-refractivity contribution in [1.82, 2.24) is 9.88 Å². The molecule has 1 saturated heterocycles. The predicted octanol–water partition coefficient (Wildman–Crippen LogP) is 1.77. The maximum absolute atomic E-state index is 12.2. The second-order valence-electron chi connectivity index (χ2n) is 6.11. The second-order valence-corrected chi connectivity index (χ2v) is 7.17. The normalized spacial score (nSPS) is 19.6. The Bertz CT molecular complexity index is 589. The van der Waals surface area contributed by atoms with Crippen molar-refractivity contribution in [2.75, 3.05) is 19.8 Å². The van der Waals surface area contributed by atoms with Gasteiger partial charge in [0.05, 0.1) is 18.2 Å². The number of ether oxygens (including phenoxy) is 1. The first-order chi connectivity index (χ1) is 10.3. The summed E-state index contributed by atoms with van der Waals surface area (Å²) in [4.78, 5) is 29.9. The molecule has 1 aliphatic heterocycles. The Morgan fingerprint density at radius 2 is 2.23 bits per heavy atom. The van der Waals surface area contributed by atoms with E-state index >= 15 is 0 Å². The highest BCUT2D eigenvalue weighted by Gasteiger charge is 2.31. The molecule has 0 spiro atoms. The van der Waals surface area contributed by atoms with Gasteiger partial charge in [0.1, 0.15) is 0 Å². The van der Waals surface area contributed by atoms with E-state index < -0.39 is 12.0 Å². The molecule has 1 fully saturated rings. The van der Waals surface area contributed by atoms with Crippen molar-refractivity contribution in [1.29, 1.82) is 0 Å². The number of amides is 1. The number of morpholine rings is 1. The average Bonchev–Trinajstić information content (AvgIpc) is 2.93. The SMILES string of the molecule is CC(C)(C)c1ncc(C=CC(=O)N2CCOCC2C(=O)O)s1. The number of carbonyl (C=O) groups is 2. The largest absolute Gasteiger partial charge is 0.480 e. The molecule has 22 heavy (non-hydrogen) atoms. The fraction of sp³-hybridized carbons (Fsp3) is 0.533. The monoisotopic (exact) mass is 324 g/mol. The van der Waals surface area contributed by atoms with Crippen LogP contribution in [0.15, 0.2) is 12.3 Å². The smallest absolute Gasteiger partial charge is 0.328 e. The zero-order valence-electron chi connectivity index (χ0n) is 12.9. The summed E-state index contributed by atoms with van der Waals surface area (Å²) < 4.78 is 5.12. The van der Waals surface area contributed by atoms with Crippen molar-refractivity contribution in [2.45, 2.75) is 32.2 Å². The molecule has 1 aliphatic rings. The lowest BCUT2D eigenvalue weighted by Gasteiger charge is -2.31. The van der Waals surface area contributed by atoms with Crippen LogP contribution in [-0.4, -0.2) is 52.7 Å². The first-order valence-corrected chi connectivity index (χ1v) is 7.86. The molecule has 120 valence electrons. The van der Waals surface area contributed by atoms with Crippen LogP contribution < -0.4 is 0 Å². The van der Waals surface area contributed by atoms with Gasteiger partial charge in [-0.15, -0.1) is 11.3 Å². The molecule has 0 aromatic carbocycles. The van der Waals surface area contributed by atoms with Gasteiger partial charge in [-0.1, -0.05) is 20.8 Å². The first kappa shape index (κ1) is 16.6. The molecule has 1 amide bonds. The van der Waals surface area contributed by atoms with E-state index in [0.29, 0.717) is 6.61 Å². The summed E-state index contributed by atoms with van der Waals surface area (Å²) in [5.41, 5.74) is -0.0284. The summed E-state index contributed by atoms with van der Waals surface area (Å²) in [6, 6.07) is -0.919. The van der Waals surface area contributed by atoms with Gasteiger partial charge in [0.2, 0.25) is 5.91 Å². The highest BCUT2D eigenvalue weighted by Crippen LogP contribution is 2.27. The minimum absolute atomic E-state index is 0.0284. The molecular weight excluding hydrogens is 304 g/mol. The fourth-order valence-electron chi connectivity index (χ4n) is 2.03. The molecule has 6 nitrogen and oxygen atoms in total. The Balaban J connectivity index is 2.07. The fourth-order valence-corrected chi connectivity index (χ4v) is 2.91. The lowest BCUT2D eigenvalue weighted by Crippen LogP contribution is -2.52. The highest BCUT2D eigenvalue weighted by atomic mass is 32.1. The number of thiazole rings is 1. The third-order valence-electron chi connectivity index (χ3n) is 3.25. The zero-order valence-corrected chi connectivity index (χ0v) is 13.7. The van der Waals surface area contributed by atoms with Crippen LogP contribution in [0.5, 0.6) is 0 Å². The van der Waals surface area contributed by atoms with E-state index in [4.69, 9.17) is 9.84 Å². The van der Waals surface area contributed by atoms with Crippen molar-refractivity contribution in [3.8, 4) is 0 Å². The predicted molar refractivity (Wildman–Crippen MR) is 83.8 cm³/mol. The minimum Gasteiger partial charge on any atom is -0.480 e. The Morgan fingerprint density at radius 3 is 2.82 bits per heavy atom. The molecule has 1 aromatic rings. The summed E-state index contributed by atoms with van der Waals surface area (Å²) in [7, 11) is 0. The minimum atomic E-state index is -1.05. The molecule has 7 heteroatoms. The van der Waals surface area contributed by atoms with Crippen LogP contribution >= 0.6 is 11.3 Å². The molecule has 2 heterocycles. The number of carboxylic acids is 1. The summed E-state index contributed by atoms with van der Waals surface area (Å²) in [6.45, 7) is 6.92. The van der Waals surface area contributed by atoms with Gasteiger partial charge in [-0.3, -0.25) is 4.79 Å². The van der Waals surface area contributed by atoms with E-state index in [2.05, 4.69) is 25.8 Å². The van der Waals surface area contributed by atoms with E-state index in [1.54, 1.807) is 12.3 Å². The summed E-state index contributed by atoms with van der Waals surface area (Å²) >= 11 is 1.53. The molecule has 1 unspecified atom stereocenters. The molecular formula is C15H20N2O4S. The van der Waals surface area contributed by atoms with Crippen molar-refractivity contribution >= 4 is 29.3 Å². The molecule has 1 N–H and O–H groups in total. The number of hydrogen-bond donors (Lipinski definition) is 1. The van der Waals surface area contributed by atoms with Gasteiger partial charge in [0.15, 0.2) is 6.04 Å². The van der Waals surface area contributed by atoms with Crippen LogP contribution in [0.4, 0.5) is 0 Å². The Kier molecular flexibility index (Phi) is 4.97. The van der Waals surface area contributed by atoms with Gasteiger partial charge in [0, 0.05) is 29.1 Å². The van der Waals surface area contributed by atoms with Gasteiger partial charge in [-0.2, -0.15) is 0 Å². The molecule has 0 saturated carbocycles. The van der Waals surface area contributed by atoms with Gasteiger partial charge >= 0.3 is 5.97 Å². The van der Waals surface area contributed by atoms with Crippen molar-refractivity contribution in [3.05, 3.63) is 22.2 Å². The van der Waals surface area contributed by atoms with Gasteiger partial charge in [-0.05, 0) is 6.08 Å². The Labute approximate surface area is 133 Å². The van der Waals surface area contributed by atoms with Crippen molar-refractivity contribution in [3.63, 3.8) is 0 Å². The summed E-state index contributed by atoms with van der Waals surface area (Å²) in [6.07, 6.45) is 4.81. The Hall–Kier alpha value is -1.73. The maximum atomic E-state index is 12.2. The molecule has 1 aromatic heterocycles. The highest BCUT2D eigenvalue weighted by molar-refractivity contribution is 7.12. The standard InChI is InChI=1S/C15H20N2O4S/c1-15(2,3)14-16-8-10(22-14)4-5-12(18)17-6-7-21-9-11(17)13(19)20/h4-5,8,11H,6-7,9H2,1-3H3,(H,19,20). The van der Waals surface area contributed by atoms with E-state index in [9.17, 15) is 9.59 Å². The van der Waals surface area contributed by atoms with Crippen LogP contribution in [-0.2, 0) is 19.7 Å². The van der Waals surface area contributed by atoms with Crippen LogP contribution in [0.25, 0.3) is 6.08 Å². The first-order valence-electron chi connectivity index (χ1n) is 7.04. The van der Waals surface area contributed by atoms with E-state index in [1.807, 2.05) is 0 Å². The zero-order chi connectivity index (χ0) is 16.3. The number of rotatable bonds is 3. The van der Waals surface area contributed by atoms with Crippen molar-refractivity contribution in [2.24, 2.45) is 0 Å². The van der Waals surface area contributed by atoms with Gasteiger partial charge < -0.3 is 14.7 Å². The average molecular weight is 324 g/mol. The third-order valence-corrected chi connectivity index (χ3v) is 4.64. The molecule has 0 aliphatic carbocycles. The summed E-state index contributed by atoms with van der Waals surface area (Å²) in [5, 5.41) is 10.1. The van der Waals surface area contributed by atoms with Gasteiger partial charge in [0.25, 0.3) is 0 Å². The third kappa shape index (κ3) is 3.92. The van der Waals surface area contributed by atoms with E-state index in [-0.39, 0.29) is 24.5 Å².